The van der Waals surface area contributed by atoms with Crippen LogP contribution in [-0.2, 0) is 9.47 Å². The Morgan fingerprint density at radius 2 is 1.08 bits per heavy atom. The summed E-state index contributed by atoms with van der Waals surface area (Å²) in [6, 6.07) is 9.16. The van der Waals surface area contributed by atoms with E-state index >= 15 is 8.78 Å². The molecule has 2 fully saturated rings. The molecule has 0 saturated carbocycles. The zero-order valence-corrected chi connectivity index (χ0v) is 43.9. The molecule has 73 heavy (non-hydrogen) atoms. The van der Waals surface area contributed by atoms with E-state index in [4.69, 9.17) is 47.9 Å². The number of aliphatic hydroxyl groups is 2. The Kier molecular flexibility index (Phi) is 20.5. The number of aliphatic hydroxyl groups excluding tert-OH is 2. The Morgan fingerprint density at radius 3 is 1.49 bits per heavy atom. The van der Waals surface area contributed by atoms with Gasteiger partial charge in [-0.1, -0.05) is 24.2 Å². The monoisotopic (exact) mass is 1010 g/mol. The molecule has 2 saturated heterocycles. The van der Waals surface area contributed by atoms with E-state index < -0.39 is 23.8 Å². The first-order chi connectivity index (χ1) is 35.1. The van der Waals surface area contributed by atoms with Crippen LogP contribution in [0, 0.1) is 53.2 Å². The largest absolute Gasteiger partial charge is 0.491 e. The summed E-state index contributed by atoms with van der Waals surface area (Å²) < 4.78 is 63.5. The van der Waals surface area contributed by atoms with Gasteiger partial charge in [-0.25, -0.2) is 28.7 Å². The molecule has 0 radical (unpaired) electrons. The van der Waals surface area contributed by atoms with E-state index in [0.717, 1.165) is 47.9 Å². The number of rotatable bonds is 18. The maximum absolute atomic E-state index is 15.1. The van der Waals surface area contributed by atoms with Crippen LogP contribution in [0.3, 0.4) is 0 Å². The summed E-state index contributed by atoms with van der Waals surface area (Å²) in [4.78, 5) is 19.0. The maximum atomic E-state index is 15.1. The zero-order chi connectivity index (χ0) is 52.8. The number of nitrogens with zero attached hydrogens (tertiary/aromatic N) is 6. The SMILES string of the molecule is CC.CNCC(O)COc1ccc(F)c(-c2nc(NC3CCOC(C)C3)c(C)c(-c3c(C)noc3C)n2)c1.CNCC(O)COc1ccc(F)c(-c2nc(NC3CCOCC3)c(C)c(-c3c(C)noc3C)n2)c1. The van der Waals surface area contributed by atoms with Crippen molar-refractivity contribution < 1.29 is 47.0 Å². The van der Waals surface area contributed by atoms with Crippen LogP contribution < -0.4 is 30.7 Å². The fraction of sp³-hybridized carbons (Fsp3) is 0.509. The Morgan fingerprint density at radius 1 is 0.644 bits per heavy atom. The highest BCUT2D eigenvalue weighted by atomic mass is 19.1. The smallest absolute Gasteiger partial charge is 0.165 e. The number of ether oxygens (including phenoxy) is 4. The van der Waals surface area contributed by atoms with Crippen molar-refractivity contribution in [2.24, 2.45) is 0 Å². The standard InChI is InChI=1S/C26H34FN5O4.C25H32FN5O4.C2H6/c1-14-10-18(8-9-34-14)29-25-15(2)24(23-16(3)32-36-17(23)4)30-26(31-25)21-11-20(6-7-22(21)27)35-13-19(33)12-28-5;1-14-23(22-15(2)31-35-16(22)3)29-25(30-24(14)28-17-7-9-33-10-8-17)20-11-19(5-6-21(20)26)34-13-18(32)12-27-4;1-2/h6-7,11,14,18-19,28,33H,8-10,12-13H2,1-5H3,(H,29,30,31);5-6,11,17-18,27,32H,7-10,12-13H2,1-4H3,(H,28,29,30);1-2H3. The zero-order valence-electron chi connectivity index (χ0n) is 43.9. The van der Waals surface area contributed by atoms with Crippen LogP contribution in [0.5, 0.6) is 11.5 Å². The Hall–Kier alpha value is -6.16. The Labute approximate surface area is 426 Å². The van der Waals surface area contributed by atoms with Gasteiger partial charge in [-0.3, -0.25) is 0 Å². The molecule has 0 amide bonds. The summed E-state index contributed by atoms with van der Waals surface area (Å²) in [6.45, 7) is 20.2. The van der Waals surface area contributed by atoms with Crippen molar-refractivity contribution in [3.05, 3.63) is 82.1 Å². The van der Waals surface area contributed by atoms with E-state index in [1.165, 1.54) is 24.3 Å². The van der Waals surface area contributed by atoms with Crippen LogP contribution in [0.1, 0.15) is 80.5 Å². The molecule has 8 rings (SSSR count). The first kappa shape index (κ1) is 56.1. The highest BCUT2D eigenvalue weighted by molar-refractivity contribution is 5.76. The van der Waals surface area contributed by atoms with Crippen LogP contribution in [0.25, 0.3) is 45.3 Å². The number of likely N-dealkylation sites (N-methyl/N-ethyl adjacent to an activating group) is 2. The number of benzene rings is 2. The molecule has 396 valence electrons. The number of aryl methyl sites for hydroxylation is 4. The van der Waals surface area contributed by atoms with Gasteiger partial charge in [0.15, 0.2) is 11.6 Å². The van der Waals surface area contributed by atoms with Crippen molar-refractivity contribution in [1.82, 2.24) is 40.9 Å². The second-order valence-electron chi connectivity index (χ2n) is 18.0. The van der Waals surface area contributed by atoms with E-state index in [1.54, 1.807) is 26.2 Å². The summed E-state index contributed by atoms with van der Waals surface area (Å²) in [6.07, 6.45) is 2.15. The van der Waals surface area contributed by atoms with Gasteiger partial charge in [-0.2, -0.15) is 0 Å². The van der Waals surface area contributed by atoms with Gasteiger partial charge in [-0.05, 0) is 125 Å². The van der Waals surface area contributed by atoms with Crippen molar-refractivity contribution in [3.63, 3.8) is 0 Å². The molecule has 4 atom stereocenters. The molecule has 4 unspecified atom stereocenters. The summed E-state index contributed by atoms with van der Waals surface area (Å²) in [7, 11) is 3.49. The minimum atomic E-state index is -0.692. The fourth-order valence-corrected chi connectivity index (χ4v) is 8.55. The lowest BCUT2D eigenvalue weighted by Crippen LogP contribution is -2.33. The third-order valence-electron chi connectivity index (χ3n) is 12.3. The molecule has 2 aliphatic rings. The Balaban J connectivity index is 0.000000230. The topological polar surface area (TPSA) is 229 Å². The fourth-order valence-electron chi connectivity index (χ4n) is 8.55. The average Bonchev–Trinajstić information content (AvgIpc) is 3.90. The molecule has 6 N–H and O–H groups in total. The molecule has 0 aliphatic carbocycles. The highest BCUT2D eigenvalue weighted by Gasteiger charge is 2.27. The Bertz CT molecular complexity index is 2690. The third-order valence-corrected chi connectivity index (χ3v) is 12.3. The lowest BCUT2D eigenvalue weighted by Gasteiger charge is -2.29. The second kappa shape index (κ2) is 26.7. The van der Waals surface area contributed by atoms with Crippen molar-refractivity contribution in [1.29, 1.82) is 0 Å². The molecular formula is C53H72F2N10O8. The van der Waals surface area contributed by atoms with Crippen LogP contribution in [-0.4, -0.2) is 131 Å². The molecule has 2 aromatic carbocycles. The summed E-state index contributed by atoms with van der Waals surface area (Å²) >= 11 is 0. The van der Waals surface area contributed by atoms with Gasteiger partial charge < -0.3 is 59.5 Å². The molecule has 0 spiro atoms. The van der Waals surface area contributed by atoms with Gasteiger partial charge in [-0.15, -0.1) is 0 Å². The van der Waals surface area contributed by atoms with E-state index in [0.29, 0.717) is 90.3 Å². The minimum absolute atomic E-state index is 0.0692. The quantitative estimate of drug-likeness (QED) is 0.0476. The van der Waals surface area contributed by atoms with Gasteiger partial charge in [0, 0.05) is 56.1 Å². The van der Waals surface area contributed by atoms with Gasteiger partial charge in [0.05, 0.1) is 51.1 Å². The predicted octanol–water partition coefficient (Wildman–Crippen LogP) is 8.24. The molecule has 2 aliphatic heterocycles. The lowest BCUT2D eigenvalue weighted by atomic mass is 10.0. The van der Waals surface area contributed by atoms with Crippen LogP contribution >= 0.6 is 0 Å². The van der Waals surface area contributed by atoms with Crippen molar-refractivity contribution in [3.8, 4) is 56.8 Å². The third kappa shape index (κ3) is 14.5. The van der Waals surface area contributed by atoms with Crippen molar-refractivity contribution >= 4 is 11.6 Å². The van der Waals surface area contributed by atoms with Crippen molar-refractivity contribution in [2.45, 2.75) is 118 Å². The van der Waals surface area contributed by atoms with E-state index in [1.807, 2.05) is 55.4 Å². The number of hydrogen-bond acceptors (Lipinski definition) is 18. The van der Waals surface area contributed by atoms with Gasteiger partial charge >= 0.3 is 0 Å². The molecule has 0 bridgehead atoms. The second-order valence-corrected chi connectivity index (χ2v) is 18.0. The molecular weight excluding hydrogens is 943 g/mol. The molecule has 6 heterocycles. The van der Waals surface area contributed by atoms with E-state index in [2.05, 4.69) is 38.5 Å². The highest BCUT2D eigenvalue weighted by Crippen LogP contribution is 2.37. The lowest BCUT2D eigenvalue weighted by molar-refractivity contribution is 0.0231. The maximum Gasteiger partial charge on any atom is 0.165 e. The summed E-state index contributed by atoms with van der Waals surface area (Å²) in [5.41, 5.74) is 6.26. The van der Waals surface area contributed by atoms with Gasteiger partial charge in [0.1, 0.15) is 71.7 Å². The molecule has 20 heteroatoms. The predicted molar refractivity (Wildman–Crippen MR) is 276 cm³/mol. The van der Waals surface area contributed by atoms with Crippen LogP contribution in [0.2, 0.25) is 0 Å². The van der Waals surface area contributed by atoms with Crippen LogP contribution in [0.15, 0.2) is 45.4 Å². The summed E-state index contributed by atoms with van der Waals surface area (Å²) in [5.74, 6) is 2.84. The van der Waals surface area contributed by atoms with E-state index in [-0.39, 0.29) is 54.2 Å². The van der Waals surface area contributed by atoms with Crippen molar-refractivity contribution in [2.75, 3.05) is 70.9 Å². The van der Waals surface area contributed by atoms with Gasteiger partial charge in [0.25, 0.3) is 0 Å². The average molecular weight is 1020 g/mol. The number of nitrogens with one attached hydrogen (secondary N) is 4. The first-order valence-corrected chi connectivity index (χ1v) is 25.0. The van der Waals surface area contributed by atoms with Crippen LogP contribution in [0.4, 0.5) is 20.4 Å². The molecule has 6 aromatic rings. The number of anilines is 2. The first-order valence-electron chi connectivity index (χ1n) is 25.0. The van der Waals surface area contributed by atoms with E-state index in [9.17, 15) is 10.2 Å². The minimum Gasteiger partial charge on any atom is -0.491 e. The van der Waals surface area contributed by atoms with Gasteiger partial charge in [0.2, 0.25) is 0 Å². The molecule has 4 aromatic heterocycles. The number of halogens is 2. The number of aromatic nitrogens is 6. The molecule has 18 nitrogen and oxygen atoms in total. The normalized spacial score (nSPS) is 16.6. The number of hydrogen-bond donors (Lipinski definition) is 6. The summed E-state index contributed by atoms with van der Waals surface area (Å²) in [5, 5.41) is 40.9.